The second-order valence-corrected chi connectivity index (χ2v) is 4.57. The lowest BCUT2D eigenvalue weighted by atomic mass is 9.94. The predicted octanol–water partition coefficient (Wildman–Crippen LogP) is 1.99. The van der Waals surface area contributed by atoms with E-state index >= 15 is 0 Å². The van der Waals surface area contributed by atoms with Crippen molar-refractivity contribution in [2.45, 2.75) is 25.0 Å². The summed E-state index contributed by atoms with van der Waals surface area (Å²) >= 11 is 0. The van der Waals surface area contributed by atoms with Crippen molar-refractivity contribution in [1.29, 1.82) is 0 Å². The zero-order chi connectivity index (χ0) is 13.0. The fraction of sp³-hybridized carbons (Fsp3) is 0.538. The summed E-state index contributed by atoms with van der Waals surface area (Å²) in [6, 6.07) is 3.38. The molecule has 1 aromatic carbocycles. The number of halogens is 2. The zero-order valence-corrected chi connectivity index (χ0v) is 10.1. The Morgan fingerprint density at radius 2 is 1.78 bits per heavy atom. The lowest BCUT2D eigenvalue weighted by Crippen LogP contribution is -2.45. The SMILES string of the molecule is NCC1(OCc2cc(F)cc(F)c2)CCOCC1. The van der Waals surface area contributed by atoms with E-state index in [1.807, 2.05) is 0 Å². The Balaban J connectivity index is 2.00. The van der Waals surface area contributed by atoms with E-state index in [1.54, 1.807) is 0 Å². The lowest BCUT2D eigenvalue weighted by molar-refractivity contribution is -0.112. The van der Waals surface area contributed by atoms with Gasteiger partial charge in [-0.2, -0.15) is 0 Å². The largest absolute Gasteiger partial charge is 0.381 e. The molecule has 1 heterocycles. The third-order valence-electron chi connectivity index (χ3n) is 3.24. The van der Waals surface area contributed by atoms with E-state index in [-0.39, 0.29) is 6.61 Å². The summed E-state index contributed by atoms with van der Waals surface area (Å²) in [5, 5.41) is 0. The molecule has 2 rings (SSSR count). The summed E-state index contributed by atoms with van der Waals surface area (Å²) in [6.07, 6.45) is 1.42. The fourth-order valence-electron chi connectivity index (χ4n) is 2.08. The Kier molecular flexibility index (Phi) is 4.27. The average molecular weight is 257 g/mol. The fourth-order valence-corrected chi connectivity index (χ4v) is 2.08. The minimum Gasteiger partial charge on any atom is -0.381 e. The van der Waals surface area contributed by atoms with Gasteiger partial charge in [0.25, 0.3) is 0 Å². The molecule has 0 aromatic heterocycles. The standard InChI is InChI=1S/C13H17F2NO2/c14-11-5-10(6-12(15)7-11)8-18-13(9-16)1-3-17-4-2-13/h5-7H,1-4,8-9,16H2. The van der Waals surface area contributed by atoms with Crippen molar-refractivity contribution in [2.24, 2.45) is 5.73 Å². The van der Waals surface area contributed by atoms with Crippen molar-refractivity contribution in [2.75, 3.05) is 19.8 Å². The van der Waals surface area contributed by atoms with Crippen LogP contribution in [0.25, 0.3) is 0 Å². The minimum atomic E-state index is -0.595. The van der Waals surface area contributed by atoms with Gasteiger partial charge in [0.15, 0.2) is 0 Å². The number of ether oxygens (including phenoxy) is 2. The highest BCUT2D eigenvalue weighted by Gasteiger charge is 2.32. The van der Waals surface area contributed by atoms with Crippen LogP contribution in [0.3, 0.4) is 0 Å². The van der Waals surface area contributed by atoms with Crippen LogP contribution in [0, 0.1) is 11.6 Å². The monoisotopic (exact) mass is 257 g/mol. The second kappa shape index (κ2) is 5.73. The first-order valence-corrected chi connectivity index (χ1v) is 6.00. The van der Waals surface area contributed by atoms with Crippen molar-refractivity contribution >= 4 is 0 Å². The number of hydrogen-bond acceptors (Lipinski definition) is 3. The second-order valence-electron chi connectivity index (χ2n) is 4.57. The Morgan fingerprint density at radius 1 is 1.17 bits per heavy atom. The molecule has 1 fully saturated rings. The van der Waals surface area contributed by atoms with E-state index < -0.39 is 17.2 Å². The van der Waals surface area contributed by atoms with Gasteiger partial charge in [0.2, 0.25) is 0 Å². The van der Waals surface area contributed by atoms with Crippen LogP contribution in [-0.2, 0) is 16.1 Å². The zero-order valence-electron chi connectivity index (χ0n) is 10.1. The van der Waals surface area contributed by atoms with Gasteiger partial charge in [-0.3, -0.25) is 0 Å². The quantitative estimate of drug-likeness (QED) is 0.897. The molecule has 0 bridgehead atoms. The summed E-state index contributed by atoms with van der Waals surface area (Å²) in [6.45, 7) is 1.75. The summed E-state index contributed by atoms with van der Waals surface area (Å²) in [4.78, 5) is 0. The van der Waals surface area contributed by atoms with Crippen molar-refractivity contribution in [3.05, 3.63) is 35.4 Å². The van der Waals surface area contributed by atoms with E-state index in [9.17, 15) is 8.78 Å². The van der Waals surface area contributed by atoms with Gasteiger partial charge in [-0.05, 0) is 17.7 Å². The van der Waals surface area contributed by atoms with Gasteiger partial charge in [0, 0.05) is 38.7 Å². The molecule has 100 valence electrons. The number of rotatable bonds is 4. The topological polar surface area (TPSA) is 44.5 Å². The summed E-state index contributed by atoms with van der Waals surface area (Å²) in [5.41, 5.74) is 5.78. The Morgan fingerprint density at radius 3 is 2.33 bits per heavy atom. The first-order chi connectivity index (χ1) is 8.63. The van der Waals surface area contributed by atoms with Crippen LogP contribution >= 0.6 is 0 Å². The Labute approximate surface area is 105 Å². The van der Waals surface area contributed by atoms with Gasteiger partial charge < -0.3 is 15.2 Å². The molecule has 5 heteroatoms. The van der Waals surface area contributed by atoms with Crippen molar-refractivity contribution < 1.29 is 18.3 Å². The van der Waals surface area contributed by atoms with Gasteiger partial charge in [0.1, 0.15) is 11.6 Å². The highest BCUT2D eigenvalue weighted by atomic mass is 19.1. The molecular formula is C13H17F2NO2. The Bertz CT molecular complexity index is 386. The minimum absolute atomic E-state index is 0.159. The van der Waals surface area contributed by atoms with Crippen molar-refractivity contribution in [3.8, 4) is 0 Å². The van der Waals surface area contributed by atoms with Crippen LogP contribution in [0.4, 0.5) is 8.78 Å². The van der Waals surface area contributed by atoms with Crippen LogP contribution in [0.1, 0.15) is 18.4 Å². The van der Waals surface area contributed by atoms with Gasteiger partial charge in [-0.1, -0.05) is 0 Å². The number of hydrogen-bond donors (Lipinski definition) is 1. The molecule has 1 saturated heterocycles. The number of nitrogens with two attached hydrogens (primary N) is 1. The smallest absolute Gasteiger partial charge is 0.126 e. The van der Waals surface area contributed by atoms with Crippen LogP contribution in [0.2, 0.25) is 0 Å². The normalized spacial score (nSPS) is 18.8. The van der Waals surface area contributed by atoms with Gasteiger partial charge >= 0.3 is 0 Å². The summed E-state index contributed by atoms with van der Waals surface area (Å²) in [5.74, 6) is -1.19. The summed E-state index contributed by atoms with van der Waals surface area (Å²) < 4.78 is 37.1. The van der Waals surface area contributed by atoms with Crippen LogP contribution in [-0.4, -0.2) is 25.4 Å². The third kappa shape index (κ3) is 3.25. The van der Waals surface area contributed by atoms with Crippen LogP contribution < -0.4 is 5.73 Å². The predicted molar refractivity (Wildman–Crippen MR) is 63.0 cm³/mol. The van der Waals surface area contributed by atoms with Crippen LogP contribution in [0.15, 0.2) is 18.2 Å². The molecule has 0 atom stereocenters. The molecule has 1 aliphatic rings. The molecule has 0 unspecified atom stereocenters. The maximum absolute atomic E-state index is 13.0. The van der Waals surface area contributed by atoms with E-state index in [1.165, 1.54) is 12.1 Å². The molecular weight excluding hydrogens is 240 g/mol. The highest BCUT2D eigenvalue weighted by molar-refractivity contribution is 5.17. The molecule has 0 saturated carbocycles. The van der Waals surface area contributed by atoms with E-state index in [4.69, 9.17) is 15.2 Å². The molecule has 0 radical (unpaired) electrons. The first kappa shape index (κ1) is 13.4. The van der Waals surface area contributed by atoms with Crippen LogP contribution in [0.5, 0.6) is 0 Å². The average Bonchev–Trinajstić information content (AvgIpc) is 2.36. The van der Waals surface area contributed by atoms with Gasteiger partial charge in [-0.15, -0.1) is 0 Å². The molecule has 2 N–H and O–H groups in total. The molecule has 1 aromatic rings. The van der Waals surface area contributed by atoms with Gasteiger partial charge in [0.05, 0.1) is 12.2 Å². The third-order valence-corrected chi connectivity index (χ3v) is 3.24. The Hall–Kier alpha value is -1.04. The maximum atomic E-state index is 13.0. The summed E-state index contributed by atoms with van der Waals surface area (Å²) in [7, 11) is 0. The molecule has 3 nitrogen and oxygen atoms in total. The highest BCUT2D eigenvalue weighted by Crippen LogP contribution is 2.25. The van der Waals surface area contributed by atoms with E-state index in [0.29, 0.717) is 38.2 Å². The lowest BCUT2D eigenvalue weighted by Gasteiger charge is -2.36. The first-order valence-electron chi connectivity index (χ1n) is 6.00. The maximum Gasteiger partial charge on any atom is 0.126 e. The molecule has 1 aliphatic heterocycles. The molecule has 0 spiro atoms. The molecule has 0 aliphatic carbocycles. The molecule has 18 heavy (non-hydrogen) atoms. The van der Waals surface area contributed by atoms with Gasteiger partial charge in [-0.25, -0.2) is 8.78 Å². The van der Waals surface area contributed by atoms with E-state index in [2.05, 4.69) is 0 Å². The van der Waals surface area contributed by atoms with Crippen molar-refractivity contribution in [3.63, 3.8) is 0 Å². The molecule has 0 amide bonds. The van der Waals surface area contributed by atoms with E-state index in [0.717, 1.165) is 6.07 Å². The number of benzene rings is 1. The van der Waals surface area contributed by atoms with Crippen molar-refractivity contribution in [1.82, 2.24) is 0 Å².